The van der Waals surface area contributed by atoms with Gasteiger partial charge < -0.3 is 19.5 Å². The fourth-order valence-corrected chi connectivity index (χ4v) is 4.29. The van der Waals surface area contributed by atoms with E-state index in [0.29, 0.717) is 22.9 Å². The molecule has 30 heavy (non-hydrogen) atoms. The first-order chi connectivity index (χ1) is 14.1. The Morgan fingerprint density at radius 3 is 2.57 bits per heavy atom. The maximum atomic E-state index is 13.0. The second-order valence-electron chi connectivity index (χ2n) is 7.21. The Bertz CT molecular complexity index is 1050. The van der Waals surface area contributed by atoms with Crippen molar-refractivity contribution in [2.75, 3.05) is 31.3 Å². The van der Waals surface area contributed by atoms with Crippen LogP contribution in [0.25, 0.3) is 0 Å². The molecule has 0 aliphatic carbocycles. The third-order valence-corrected chi connectivity index (χ3v) is 6.09. The third-order valence-electron chi connectivity index (χ3n) is 4.94. The van der Waals surface area contributed by atoms with E-state index in [4.69, 9.17) is 14.2 Å². The highest BCUT2D eigenvalue weighted by atomic mass is 32.2. The van der Waals surface area contributed by atoms with E-state index >= 15 is 0 Å². The molecule has 1 aliphatic heterocycles. The number of hydrogen-bond donors (Lipinski definition) is 1. The smallest absolute Gasteiger partial charge is 0.263 e. The molecule has 162 valence electrons. The molecule has 0 saturated heterocycles. The predicted molar refractivity (Wildman–Crippen MR) is 114 cm³/mol. The first-order valence-corrected chi connectivity index (χ1v) is 11.3. The number of anilines is 1. The van der Waals surface area contributed by atoms with Crippen LogP contribution in [-0.4, -0.2) is 47.4 Å². The van der Waals surface area contributed by atoms with Crippen LogP contribution in [0.2, 0.25) is 0 Å². The van der Waals surface area contributed by atoms with Gasteiger partial charge in [0.1, 0.15) is 17.2 Å². The summed E-state index contributed by atoms with van der Waals surface area (Å²) in [5, 5.41) is 2.89. The highest BCUT2D eigenvalue weighted by Crippen LogP contribution is 2.36. The first kappa shape index (κ1) is 21.8. The van der Waals surface area contributed by atoms with Crippen LogP contribution in [0, 0.1) is 6.92 Å². The van der Waals surface area contributed by atoms with Gasteiger partial charge in [0.05, 0.1) is 38.7 Å². The van der Waals surface area contributed by atoms with Crippen molar-refractivity contribution < 1.29 is 27.4 Å². The van der Waals surface area contributed by atoms with E-state index in [0.717, 1.165) is 17.4 Å². The van der Waals surface area contributed by atoms with Crippen molar-refractivity contribution in [1.82, 2.24) is 5.32 Å². The lowest BCUT2D eigenvalue weighted by Gasteiger charge is -2.34. The molecule has 1 N–H and O–H groups in total. The monoisotopic (exact) mass is 434 g/mol. The van der Waals surface area contributed by atoms with Gasteiger partial charge >= 0.3 is 0 Å². The summed E-state index contributed by atoms with van der Waals surface area (Å²) in [6, 6.07) is 10.1. The molecule has 3 rings (SSSR count). The van der Waals surface area contributed by atoms with Crippen LogP contribution in [0.3, 0.4) is 0 Å². The fourth-order valence-electron chi connectivity index (χ4n) is 3.37. The Hall–Kier alpha value is -2.94. The van der Waals surface area contributed by atoms with Crippen molar-refractivity contribution in [3.63, 3.8) is 0 Å². The number of amides is 1. The van der Waals surface area contributed by atoms with Crippen LogP contribution >= 0.6 is 0 Å². The zero-order valence-electron chi connectivity index (χ0n) is 17.6. The summed E-state index contributed by atoms with van der Waals surface area (Å²) < 4.78 is 42.3. The number of methoxy groups -OCH3 is 2. The molecule has 1 aliphatic rings. The minimum absolute atomic E-state index is 0.108. The number of sulfonamides is 1. The number of hydrogen-bond acceptors (Lipinski definition) is 6. The van der Waals surface area contributed by atoms with Gasteiger partial charge in [-0.1, -0.05) is 6.07 Å². The van der Waals surface area contributed by atoms with Gasteiger partial charge in [0, 0.05) is 5.56 Å². The second-order valence-corrected chi connectivity index (χ2v) is 9.12. The molecular formula is C21H26N2O6S. The van der Waals surface area contributed by atoms with Crippen molar-refractivity contribution >= 4 is 21.6 Å². The lowest BCUT2D eigenvalue weighted by Crippen LogP contribution is -2.50. The number of benzene rings is 2. The molecule has 2 aromatic rings. The highest BCUT2D eigenvalue weighted by molar-refractivity contribution is 7.92. The largest absolute Gasteiger partial charge is 0.497 e. The maximum absolute atomic E-state index is 13.0. The van der Waals surface area contributed by atoms with Crippen molar-refractivity contribution in [2.24, 2.45) is 0 Å². The number of nitrogens with one attached hydrogen (secondary N) is 1. The van der Waals surface area contributed by atoms with Gasteiger partial charge in [-0.15, -0.1) is 0 Å². The van der Waals surface area contributed by atoms with Crippen LogP contribution in [0.5, 0.6) is 17.2 Å². The van der Waals surface area contributed by atoms with Crippen LogP contribution < -0.4 is 23.8 Å². The van der Waals surface area contributed by atoms with Crippen molar-refractivity contribution in [3.05, 3.63) is 47.5 Å². The molecule has 2 atom stereocenters. The number of nitrogens with zero attached hydrogens (tertiary/aromatic N) is 1. The summed E-state index contributed by atoms with van der Waals surface area (Å²) in [5.41, 5.74) is 2.06. The zero-order valence-corrected chi connectivity index (χ0v) is 18.4. The SMILES string of the molecule is COc1ccc(OC)c([C@@H](C)NC(=O)[C@H]2CN(S(C)(=O)=O)c3ccc(C)cc3O2)c1. The lowest BCUT2D eigenvalue weighted by atomic mass is 10.1. The van der Waals surface area contributed by atoms with Gasteiger partial charge in [-0.25, -0.2) is 8.42 Å². The van der Waals surface area contributed by atoms with E-state index in [1.54, 1.807) is 50.6 Å². The summed E-state index contributed by atoms with van der Waals surface area (Å²) in [7, 11) is -0.474. The summed E-state index contributed by atoms with van der Waals surface area (Å²) in [4.78, 5) is 13.0. The Kier molecular flexibility index (Phi) is 6.12. The van der Waals surface area contributed by atoms with Crippen LogP contribution in [-0.2, 0) is 14.8 Å². The molecule has 0 saturated carbocycles. The molecule has 1 heterocycles. The molecule has 0 radical (unpaired) electrons. The van der Waals surface area contributed by atoms with Gasteiger partial charge in [0.25, 0.3) is 5.91 Å². The van der Waals surface area contributed by atoms with Gasteiger partial charge in [-0.3, -0.25) is 9.10 Å². The third kappa shape index (κ3) is 4.46. The van der Waals surface area contributed by atoms with Crippen molar-refractivity contribution in [2.45, 2.75) is 26.0 Å². The van der Waals surface area contributed by atoms with E-state index in [-0.39, 0.29) is 6.54 Å². The normalized spacial score (nSPS) is 16.8. The second kappa shape index (κ2) is 8.43. The summed E-state index contributed by atoms with van der Waals surface area (Å²) in [6.07, 6.45) is 0.119. The van der Waals surface area contributed by atoms with Gasteiger partial charge in [-0.2, -0.15) is 0 Å². The van der Waals surface area contributed by atoms with Crippen molar-refractivity contribution in [1.29, 1.82) is 0 Å². The number of carbonyl (C=O) groups excluding carboxylic acids is 1. The Morgan fingerprint density at radius 2 is 1.93 bits per heavy atom. The standard InChI is InChI=1S/C21H26N2O6S/c1-13-6-8-17-19(10-13)29-20(12-23(17)30(5,25)26)21(24)22-14(2)16-11-15(27-3)7-9-18(16)28-4/h6-11,14,20H,12H2,1-5H3,(H,22,24)/t14-,20-/m1/s1. The molecule has 0 unspecified atom stereocenters. The highest BCUT2D eigenvalue weighted by Gasteiger charge is 2.35. The minimum atomic E-state index is -3.58. The molecule has 0 bridgehead atoms. The average molecular weight is 435 g/mol. The van der Waals surface area contributed by atoms with Gasteiger partial charge in [0.15, 0.2) is 6.10 Å². The fraction of sp³-hybridized carbons (Fsp3) is 0.381. The molecule has 0 aromatic heterocycles. The van der Waals surface area contributed by atoms with Crippen LogP contribution in [0.1, 0.15) is 24.1 Å². The Balaban J connectivity index is 1.85. The quantitative estimate of drug-likeness (QED) is 0.750. The summed E-state index contributed by atoms with van der Waals surface area (Å²) in [6.45, 7) is 3.57. The molecule has 2 aromatic carbocycles. The number of carbonyl (C=O) groups is 1. The van der Waals surface area contributed by atoms with E-state index < -0.39 is 28.1 Å². The zero-order chi connectivity index (χ0) is 22.1. The number of fused-ring (bicyclic) bond motifs is 1. The predicted octanol–water partition coefficient (Wildman–Crippen LogP) is 2.42. The molecule has 1 amide bonds. The Labute approximate surface area is 176 Å². The minimum Gasteiger partial charge on any atom is -0.497 e. The van der Waals surface area contributed by atoms with Gasteiger partial charge in [-0.05, 0) is 49.7 Å². The van der Waals surface area contributed by atoms with Gasteiger partial charge in [0.2, 0.25) is 10.0 Å². The number of ether oxygens (including phenoxy) is 3. The van der Waals surface area contributed by atoms with E-state index in [1.807, 2.05) is 13.8 Å². The van der Waals surface area contributed by atoms with E-state index in [9.17, 15) is 13.2 Å². The summed E-state index contributed by atoms with van der Waals surface area (Å²) in [5.74, 6) is 1.17. The topological polar surface area (TPSA) is 94.2 Å². The lowest BCUT2D eigenvalue weighted by molar-refractivity contribution is -0.128. The van der Waals surface area contributed by atoms with Crippen molar-refractivity contribution in [3.8, 4) is 17.2 Å². The number of aryl methyl sites for hydroxylation is 1. The van der Waals surface area contributed by atoms with E-state index in [2.05, 4.69) is 5.32 Å². The molecule has 0 spiro atoms. The summed E-state index contributed by atoms with van der Waals surface area (Å²) >= 11 is 0. The Morgan fingerprint density at radius 1 is 1.20 bits per heavy atom. The first-order valence-electron chi connectivity index (χ1n) is 9.41. The molecule has 9 heteroatoms. The average Bonchev–Trinajstić information content (AvgIpc) is 2.71. The molecule has 0 fully saturated rings. The molecule has 8 nitrogen and oxygen atoms in total. The van der Waals surface area contributed by atoms with Crippen LogP contribution in [0.15, 0.2) is 36.4 Å². The molecular weight excluding hydrogens is 408 g/mol. The van der Waals surface area contributed by atoms with E-state index in [1.165, 1.54) is 4.31 Å². The number of rotatable bonds is 6. The van der Waals surface area contributed by atoms with Crippen LogP contribution in [0.4, 0.5) is 5.69 Å². The maximum Gasteiger partial charge on any atom is 0.263 e.